The second-order valence-electron chi connectivity index (χ2n) is 12.8. The lowest BCUT2D eigenvalue weighted by atomic mass is 9.49. The van der Waals surface area contributed by atoms with Crippen molar-refractivity contribution in [2.45, 2.75) is 74.5 Å². The molecule has 2 N–H and O–H groups in total. The fraction of sp³-hybridized carbons (Fsp3) is 0.441. The van der Waals surface area contributed by atoms with Gasteiger partial charge in [0.1, 0.15) is 0 Å². The van der Waals surface area contributed by atoms with Crippen LogP contribution in [0.2, 0.25) is 0 Å². The zero-order chi connectivity index (χ0) is 28.8. The number of fused-ring (bicyclic) bond motifs is 1. The highest BCUT2D eigenvalue weighted by Gasteiger charge is 2.73. The molecule has 0 unspecified atom stereocenters. The molecule has 216 valence electrons. The molecular formula is C34H33NO7. The van der Waals surface area contributed by atoms with E-state index in [1.807, 2.05) is 36.4 Å². The summed E-state index contributed by atoms with van der Waals surface area (Å²) in [6.07, 6.45) is 3.49. The Kier molecular flexibility index (Phi) is 5.63. The molecule has 2 saturated carbocycles. The lowest BCUT2D eigenvalue weighted by Crippen LogP contribution is -2.76. The van der Waals surface area contributed by atoms with E-state index >= 15 is 0 Å². The maximum Gasteiger partial charge on any atom is 0.315 e. The van der Waals surface area contributed by atoms with Crippen LogP contribution in [-0.4, -0.2) is 63.7 Å². The fourth-order valence-electron chi connectivity index (χ4n) is 8.61. The number of aliphatic hydroxyl groups is 1. The topological polar surface area (TPSA) is 113 Å². The number of Topliss-reactive ketones (excluding diaryl/α,β-unsaturated/α-hetero) is 1. The summed E-state index contributed by atoms with van der Waals surface area (Å²) in [7, 11) is 0. The number of hydrogen-bond acceptors (Lipinski definition) is 7. The zero-order valence-corrected chi connectivity index (χ0v) is 23.3. The van der Waals surface area contributed by atoms with Crippen molar-refractivity contribution < 1.29 is 34.1 Å². The molecule has 4 atom stereocenters. The summed E-state index contributed by atoms with van der Waals surface area (Å²) in [6, 6.07) is 14.7. The molecule has 0 radical (unpaired) electrons. The van der Waals surface area contributed by atoms with E-state index in [0.717, 1.165) is 35.0 Å². The standard InChI is InChI=1S/C34H33NO7/c36-24-11-12-34(40)26-15-23-9-10-25(31-30(23)33(34,32(24)42-31)13-14-35(26)18-19-7-8-19)41-28(39)17-22-6-2-4-20-3-1-5-21(29(20)22)16-27(37)38/h1-6,9-10,19,26,32,40H,7-8,11-18H2,(H,37,38)/t26-,32+,33+,34-/m1/s1. The largest absolute Gasteiger partial charge is 0.481 e. The van der Waals surface area contributed by atoms with Crippen LogP contribution in [0, 0.1) is 5.92 Å². The van der Waals surface area contributed by atoms with Gasteiger partial charge in [-0.25, -0.2) is 0 Å². The van der Waals surface area contributed by atoms with Gasteiger partial charge in [0.2, 0.25) is 0 Å². The Hall–Kier alpha value is -3.75. The molecule has 0 amide bonds. The summed E-state index contributed by atoms with van der Waals surface area (Å²) in [5, 5.41) is 23.5. The normalized spacial score (nSPS) is 29.2. The Morgan fingerprint density at radius 2 is 1.79 bits per heavy atom. The highest BCUT2D eigenvalue weighted by molar-refractivity contribution is 5.94. The second-order valence-corrected chi connectivity index (χ2v) is 12.8. The molecule has 1 saturated heterocycles. The van der Waals surface area contributed by atoms with Crippen LogP contribution in [0.25, 0.3) is 10.8 Å². The van der Waals surface area contributed by atoms with E-state index in [2.05, 4.69) is 4.90 Å². The minimum absolute atomic E-state index is 0.00268. The second kappa shape index (κ2) is 9.12. The molecule has 8 heteroatoms. The molecule has 2 aliphatic heterocycles. The average molecular weight is 568 g/mol. The van der Waals surface area contributed by atoms with Crippen LogP contribution >= 0.6 is 0 Å². The van der Waals surface area contributed by atoms with Gasteiger partial charge in [-0.1, -0.05) is 42.5 Å². The number of carbonyl (C=O) groups excluding carboxylic acids is 2. The van der Waals surface area contributed by atoms with Gasteiger partial charge >= 0.3 is 11.9 Å². The number of carbonyl (C=O) groups is 3. The lowest BCUT2D eigenvalue weighted by Gasteiger charge is -2.62. The number of esters is 1. The maximum absolute atomic E-state index is 13.4. The van der Waals surface area contributed by atoms with Crippen LogP contribution in [0.15, 0.2) is 48.5 Å². The molecule has 0 aromatic heterocycles. The Morgan fingerprint density at radius 3 is 2.52 bits per heavy atom. The van der Waals surface area contributed by atoms with Gasteiger partial charge in [0.25, 0.3) is 0 Å². The van der Waals surface area contributed by atoms with Gasteiger partial charge in [0.05, 0.1) is 23.9 Å². The predicted octanol–water partition coefficient (Wildman–Crippen LogP) is 3.75. The van der Waals surface area contributed by atoms with Crippen LogP contribution in [0.5, 0.6) is 11.5 Å². The van der Waals surface area contributed by atoms with E-state index in [1.165, 1.54) is 12.8 Å². The van der Waals surface area contributed by atoms with Crippen molar-refractivity contribution in [1.29, 1.82) is 0 Å². The van der Waals surface area contributed by atoms with Crippen LogP contribution in [0.4, 0.5) is 0 Å². The van der Waals surface area contributed by atoms with Gasteiger partial charge in [-0.2, -0.15) is 0 Å². The molecule has 3 fully saturated rings. The molecule has 8 rings (SSSR count). The van der Waals surface area contributed by atoms with Crippen molar-refractivity contribution in [3.8, 4) is 11.5 Å². The molecule has 1 spiro atoms. The van der Waals surface area contributed by atoms with Gasteiger partial charge in [0, 0.05) is 24.6 Å². The highest BCUT2D eigenvalue weighted by Crippen LogP contribution is 2.65. The van der Waals surface area contributed by atoms with Gasteiger partial charge in [-0.3, -0.25) is 19.3 Å². The van der Waals surface area contributed by atoms with Gasteiger partial charge in [-0.15, -0.1) is 0 Å². The van der Waals surface area contributed by atoms with E-state index in [1.54, 1.807) is 12.1 Å². The SMILES string of the molecule is O=C(O)Cc1cccc2cccc(CC(=O)Oc3ccc4c5c3O[C@H]3C(=O)CC[C@@]6(O)[C@@H](C4)N(CC4CC4)CC[C@]536)c12. The first-order valence-corrected chi connectivity index (χ1v) is 15.0. The van der Waals surface area contributed by atoms with Crippen molar-refractivity contribution in [2.24, 2.45) is 5.92 Å². The molecule has 3 aromatic rings. The monoisotopic (exact) mass is 567 g/mol. The molecule has 2 bridgehead atoms. The van der Waals surface area contributed by atoms with E-state index in [0.29, 0.717) is 42.1 Å². The van der Waals surface area contributed by atoms with Gasteiger partial charge in [-0.05, 0) is 78.1 Å². The number of nitrogens with zero attached hydrogens (tertiary/aromatic N) is 1. The number of aliphatic carboxylic acids is 1. The fourth-order valence-corrected chi connectivity index (χ4v) is 8.61. The molecule has 3 aliphatic carbocycles. The Balaban J connectivity index is 1.15. The van der Waals surface area contributed by atoms with Crippen LogP contribution in [0.3, 0.4) is 0 Å². The van der Waals surface area contributed by atoms with Crippen molar-refractivity contribution >= 4 is 28.5 Å². The summed E-state index contributed by atoms with van der Waals surface area (Å²) in [5.41, 5.74) is 1.33. The Labute approximate surface area is 243 Å². The average Bonchev–Trinajstić information content (AvgIpc) is 3.70. The highest BCUT2D eigenvalue weighted by atomic mass is 16.6. The minimum Gasteiger partial charge on any atom is -0.481 e. The quantitative estimate of drug-likeness (QED) is 0.328. The summed E-state index contributed by atoms with van der Waals surface area (Å²) in [4.78, 5) is 40.7. The summed E-state index contributed by atoms with van der Waals surface area (Å²) >= 11 is 0. The van der Waals surface area contributed by atoms with Crippen LogP contribution < -0.4 is 9.47 Å². The third-order valence-electron chi connectivity index (χ3n) is 10.5. The van der Waals surface area contributed by atoms with Crippen LogP contribution in [0.1, 0.15) is 54.4 Å². The summed E-state index contributed by atoms with van der Waals surface area (Å²) < 4.78 is 12.4. The van der Waals surface area contributed by atoms with E-state index in [-0.39, 0.29) is 36.8 Å². The number of carboxylic acid groups (broad SMARTS) is 1. The number of rotatable bonds is 7. The van der Waals surface area contributed by atoms with E-state index in [9.17, 15) is 24.6 Å². The smallest absolute Gasteiger partial charge is 0.315 e. The lowest BCUT2D eigenvalue weighted by molar-refractivity contribution is -0.188. The van der Waals surface area contributed by atoms with Crippen molar-refractivity contribution in [3.63, 3.8) is 0 Å². The van der Waals surface area contributed by atoms with Gasteiger partial charge < -0.3 is 19.7 Å². The molecule has 3 aromatic carbocycles. The molecule has 8 nitrogen and oxygen atoms in total. The third-order valence-corrected chi connectivity index (χ3v) is 10.5. The summed E-state index contributed by atoms with van der Waals surface area (Å²) in [5.74, 6) is -0.0682. The van der Waals surface area contributed by atoms with Crippen molar-refractivity contribution in [3.05, 3.63) is 70.8 Å². The number of benzene rings is 3. The number of ketones is 1. The molecular weight excluding hydrogens is 534 g/mol. The van der Waals surface area contributed by atoms with Gasteiger partial charge in [0.15, 0.2) is 23.4 Å². The predicted molar refractivity (Wildman–Crippen MR) is 153 cm³/mol. The van der Waals surface area contributed by atoms with Crippen molar-refractivity contribution in [2.75, 3.05) is 13.1 Å². The number of ether oxygens (including phenoxy) is 2. The number of carboxylic acids is 1. The maximum atomic E-state index is 13.4. The van der Waals surface area contributed by atoms with E-state index < -0.39 is 29.1 Å². The van der Waals surface area contributed by atoms with Crippen LogP contribution in [-0.2, 0) is 39.1 Å². The summed E-state index contributed by atoms with van der Waals surface area (Å²) in [6.45, 7) is 1.79. The number of piperidine rings is 1. The Bertz CT molecular complexity index is 1670. The van der Waals surface area contributed by atoms with Crippen molar-refractivity contribution in [1.82, 2.24) is 4.90 Å². The molecule has 2 heterocycles. The first kappa shape index (κ1) is 25.9. The minimum atomic E-state index is -1.08. The number of likely N-dealkylation sites (tertiary alicyclic amines) is 1. The Morgan fingerprint density at radius 1 is 1.02 bits per heavy atom. The molecule has 42 heavy (non-hydrogen) atoms. The first-order valence-electron chi connectivity index (χ1n) is 15.0. The number of hydrogen-bond donors (Lipinski definition) is 2. The van der Waals surface area contributed by atoms with E-state index in [4.69, 9.17) is 9.47 Å². The molecule has 5 aliphatic rings. The first-order chi connectivity index (χ1) is 20.3. The third kappa shape index (κ3) is 3.64. The zero-order valence-electron chi connectivity index (χ0n) is 23.3.